The summed E-state index contributed by atoms with van der Waals surface area (Å²) in [4.78, 5) is 11.5. The van der Waals surface area contributed by atoms with E-state index in [2.05, 4.69) is 76.8 Å². The first-order valence-corrected chi connectivity index (χ1v) is 9.12. The van der Waals surface area contributed by atoms with Crippen LogP contribution in [0.25, 0.3) is 0 Å². The molecular formula is C22H26Cl2N4. The van der Waals surface area contributed by atoms with Crippen molar-refractivity contribution in [1.82, 2.24) is 9.55 Å². The molecule has 1 aliphatic heterocycles. The van der Waals surface area contributed by atoms with Crippen molar-refractivity contribution in [2.24, 2.45) is 4.99 Å². The SMILES string of the molecule is Cc1ccc(N2CCN=C2C(Cn2ccnc2)c2ccccc2)c(C)c1.Cl.Cl. The molecule has 0 spiro atoms. The lowest BCUT2D eigenvalue weighted by Gasteiger charge is -2.28. The van der Waals surface area contributed by atoms with E-state index < -0.39 is 0 Å². The molecule has 6 heteroatoms. The molecule has 0 saturated heterocycles. The van der Waals surface area contributed by atoms with Crippen molar-refractivity contribution >= 4 is 36.3 Å². The number of rotatable bonds is 5. The number of hydrogen-bond donors (Lipinski definition) is 0. The van der Waals surface area contributed by atoms with Crippen LogP contribution in [0.15, 0.2) is 72.2 Å². The molecule has 2 heterocycles. The maximum absolute atomic E-state index is 4.92. The Labute approximate surface area is 179 Å². The Bertz CT molecular complexity index is 908. The quantitative estimate of drug-likeness (QED) is 0.583. The number of aryl methyl sites for hydroxylation is 2. The molecule has 0 N–H and O–H groups in total. The number of halogens is 2. The summed E-state index contributed by atoms with van der Waals surface area (Å²) in [5.74, 6) is 1.35. The molecule has 0 saturated carbocycles. The molecule has 1 unspecified atom stereocenters. The van der Waals surface area contributed by atoms with Crippen molar-refractivity contribution in [1.29, 1.82) is 0 Å². The van der Waals surface area contributed by atoms with E-state index in [1.807, 2.05) is 18.7 Å². The molecule has 0 amide bonds. The van der Waals surface area contributed by atoms with Gasteiger partial charge in [-0.25, -0.2) is 4.98 Å². The van der Waals surface area contributed by atoms with Gasteiger partial charge >= 0.3 is 0 Å². The van der Waals surface area contributed by atoms with Crippen LogP contribution in [0.3, 0.4) is 0 Å². The highest BCUT2D eigenvalue weighted by Crippen LogP contribution is 2.30. The second-order valence-electron chi connectivity index (χ2n) is 6.90. The number of aromatic nitrogens is 2. The summed E-state index contributed by atoms with van der Waals surface area (Å²) in [6, 6.07) is 17.3. The van der Waals surface area contributed by atoms with Crippen LogP contribution >= 0.6 is 24.8 Å². The fraction of sp³-hybridized carbons (Fsp3) is 0.273. The van der Waals surface area contributed by atoms with E-state index in [4.69, 9.17) is 4.99 Å². The maximum atomic E-state index is 4.92. The number of hydrogen-bond acceptors (Lipinski definition) is 3. The molecule has 0 aliphatic carbocycles. The minimum absolute atomic E-state index is 0. The monoisotopic (exact) mass is 416 g/mol. The maximum Gasteiger partial charge on any atom is 0.113 e. The van der Waals surface area contributed by atoms with E-state index >= 15 is 0 Å². The van der Waals surface area contributed by atoms with Gasteiger partial charge in [0.1, 0.15) is 5.84 Å². The van der Waals surface area contributed by atoms with E-state index in [-0.39, 0.29) is 30.7 Å². The fourth-order valence-corrected chi connectivity index (χ4v) is 3.74. The number of amidine groups is 1. The second kappa shape index (κ2) is 9.76. The van der Waals surface area contributed by atoms with Crippen LogP contribution < -0.4 is 4.90 Å². The van der Waals surface area contributed by atoms with Crippen LogP contribution in [0.2, 0.25) is 0 Å². The topological polar surface area (TPSA) is 33.4 Å². The highest BCUT2D eigenvalue weighted by atomic mass is 35.5. The lowest BCUT2D eigenvalue weighted by atomic mass is 9.96. The van der Waals surface area contributed by atoms with E-state index in [0.717, 1.165) is 25.5 Å². The molecule has 1 atom stereocenters. The third-order valence-electron chi connectivity index (χ3n) is 4.98. The summed E-state index contributed by atoms with van der Waals surface area (Å²) < 4.78 is 2.14. The molecule has 1 aliphatic rings. The summed E-state index contributed by atoms with van der Waals surface area (Å²) in [6.45, 7) is 6.94. The highest BCUT2D eigenvalue weighted by Gasteiger charge is 2.29. The third-order valence-corrected chi connectivity index (χ3v) is 4.98. The van der Waals surface area contributed by atoms with Crippen LogP contribution in [0, 0.1) is 13.8 Å². The van der Waals surface area contributed by atoms with Gasteiger partial charge in [-0.1, -0.05) is 48.0 Å². The predicted octanol–water partition coefficient (Wildman–Crippen LogP) is 5.05. The van der Waals surface area contributed by atoms with E-state index in [0.29, 0.717) is 0 Å². The minimum atomic E-state index is 0. The first kappa shape index (κ1) is 22.0. The Morgan fingerprint density at radius 1 is 1.04 bits per heavy atom. The van der Waals surface area contributed by atoms with Gasteiger partial charge in [0.15, 0.2) is 0 Å². The molecule has 4 nitrogen and oxygen atoms in total. The van der Waals surface area contributed by atoms with Crippen molar-refractivity contribution in [2.45, 2.75) is 26.3 Å². The van der Waals surface area contributed by atoms with Gasteiger partial charge in [-0.3, -0.25) is 4.99 Å². The van der Waals surface area contributed by atoms with Crippen molar-refractivity contribution < 1.29 is 0 Å². The van der Waals surface area contributed by atoms with Gasteiger partial charge in [-0.15, -0.1) is 24.8 Å². The molecule has 148 valence electrons. The Balaban J connectivity index is 0.00000140. The first-order valence-electron chi connectivity index (χ1n) is 9.12. The van der Waals surface area contributed by atoms with Crippen LogP contribution in [0.1, 0.15) is 22.6 Å². The van der Waals surface area contributed by atoms with Crippen molar-refractivity contribution in [2.75, 3.05) is 18.0 Å². The van der Waals surface area contributed by atoms with Gasteiger partial charge in [-0.2, -0.15) is 0 Å². The molecule has 3 aromatic rings. The highest BCUT2D eigenvalue weighted by molar-refractivity contribution is 6.04. The average Bonchev–Trinajstić information content (AvgIpc) is 3.32. The lowest BCUT2D eigenvalue weighted by Crippen LogP contribution is -2.34. The van der Waals surface area contributed by atoms with Gasteiger partial charge < -0.3 is 9.47 Å². The normalized spacial score (nSPS) is 14.1. The standard InChI is InChI=1S/C22H24N4.2ClH/c1-17-8-9-21(18(2)14-17)26-13-11-24-22(26)20(15-25-12-10-23-16-25)19-6-4-3-5-7-19;;/h3-10,12,14,16,20H,11,13,15H2,1-2H3;2*1H. The Hall–Kier alpha value is -2.30. The number of anilines is 1. The molecule has 0 radical (unpaired) electrons. The van der Waals surface area contributed by atoms with Crippen molar-refractivity contribution in [3.8, 4) is 0 Å². The molecule has 28 heavy (non-hydrogen) atoms. The number of nitrogens with zero attached hydrogens (tertiary/aromatic N) is 4. The summed E-state index contributed by atoms with van der Waals surface area (Å²) in [6.07, 6.45) is 5.74. The van der Waals surface area contributed by atoms with Crippen LogP contribution in [-0.4, -0.2) is 28.5 Å². The van der Waals surface area contributed by atoms with Gasteiger partial charge in [0, 0.05) is 31.2 Å². The Kier molecular flexibility index (Phi) is 7.67. The zero-order valence-electron chi connectivity index (χ0n) is 16.2. The largest absolute Gasteiger partial charge is 0.336 e. The number of imidazole rings is 1. The Morgan fingerprint density at radius 2 is 1.82 bits per heavy atom. The van der Waals surface area contributed by atoms with Gasteiger partial charge in [0.25, 0.3) is 0 Å². The van der Waals surface area contributed by atoms with Crippen molar-refractivity contribution in [3.05, 3.63) is 83.9 Å². The minimum Gasteiger partial charge on any atom is -0.336 e. The molecule has 0 bridgehead atoms. The summed E-state index contributed by atoms with van der Waals surface area (Å²) >= 11 is 0. The summed E-state index contributed by atoms with van der Waals surface area (Å²) in [5.41, 5.74) is 5.14. The van der Waals surface area contributed by atoms with Crippen molar-refractivity contribution in [3.63, 3.8) is 0 Å². The van der Waals surface area contributed by atoms with E-state index in [1.165, 1.54) is 22.4 Å². The van der Waals surface area contributed by atoms with Crippen LogP contribution in [0.4, 0.5) is 5.69 Å². The van der Waals surface area contributed by atoms with Gasteiger partial charge in [0.05, 0.1) is 18.8 Å². The second-order valence-corrected chi connectivity index (χ2v) is 6.90. The predicted molar refractivity (Wildman–Crippen MR) is 121 cm³/mol. The van der Waals surface area contributed by atoms with E-state index in [9.17, 15) is 0 Å². The third kappa shape index (κ3) is 4.57. The smallest absolute Gasteiger partial charge is 0.113 e. The number of aliphatic imine (C=N–C) groups is 1. The summed E-state index contributed by atoms with van der Waals surface area (Å²) in [5, 5.41) is 0. The zero-order chi connectivity index (χ0) is 17.9. The average molecular weight is 417 g/mol. The first-order chi connectivity index (χ1) is 12.7. The van der Waals surface area contributed by atoms with E-state index in [1.54, 1.807) is 0 Å². The van der Waals surface area contributed by atoms with Gasteiger partial charge in [-0.05, 0) is 31.0 Å². The molecular weight excluding hydrogens is 391 g/mol. The van der Waals surface area contributed by atoms with Gasteiger partial charge in [0.2, 0.25) is 0 Å². The fourth-order valence-electron chi connectivity index (χ4n) is 3.74. The lowest BCUT2D eigenvalue weighted by molar-refractivity contribution is 0.654. The molecule has 2 aromatic carbocycles. The Morgan fingerprint density at radius 3 is 2.50 bits per heavy atom. The zero-order valence-corrected chi connectivity index (χ0v) is 17.8. The van der Waals surface area contributed by atoms with Crippen LogP contribution in [0.5, 0.6) is 0 Å². The van der Waals surface area contributed by atoms with Crippen LogP contribution in [-0.2, 0) is 6.54 Å². The molecule has 0 fully saturated rings. The number of benzene rings is 2. The molecule has 4 rings (SSSR count). The summed E-state index contributed by atoms with van der Waals surface area (Å²) in [7, 11) is 0. The molecule has 1 aromatic heterocycles.